The lowest BCUT2D eigenvalue weighted by Crippen LogP contribution is -2.09. The number of carbonyl (C=O) groups excluding carboxylic acids is 1. The van der Waals surface area contributed by atoms with Gasteiger partial charge in [-0.05, 0) is 48.0 Å². The van der Waals surface area contributed by atoms with Gasteiger partial charge >= 0.3 is 0 Å². The Balaban J connectivity index is 1.45. The average Bonchev–Trinajstić information content (AvgIpc) is 2.77. The SMILES string of the molecule is O=C(/C=C/c1cccc([N+](=O)[O-])c1)Nc1ccc(OCCOc2ccccc2)cc1. The Morgan fingerprint density at radius 1 is 0.900 bits per heavy atom. The van der Waals surface area contributed by atoms with E-state index in [0.29, 0.717) is 30.2 Å². The molecule has 0 unspecified atom stereocenters. The van der Waals surface area contributed by atoms with Gasteiger partial charge in [-0.2, -0.15) is 0 Å². The fourth-order valence-corrected chi connectivity index (χ4v) is 2.57. The highest BCUT2D eigenvalue weighted by Crippen LogP contribution is 2.17. The minimum Gasteiger partial charge on any atom is -0.490 e. The number of carbonyl (C=O) groups is 1. The number of amides is 1. The Bertz CT molecular complexity index is 1020. The third-order valence-corrected chi connectivity index (χ3v) is 3.99. The Labute approximate surface area is 173 Å². The number of hydrogen-bond donors (Lipinski definition) is 1. The molecule has 7 heteroatoms. The van der Waals surface area contributed by atoms with Crippen LogP contribution in [-0.4, -0.2) is 24.0 Å². The number of nitrogens with zero attached hydrogens (tertiary/aromatic N) is 1. The van der Waals surface area contributed by atoms with E-state index in [-0.39, 0.29) is 11.6 Å². The van der Waals surface area contributed by atoms with Gasteiger partial charge in [0.1, 0.15) is 24.7 Å². The summed E-state index contributed by atoms with van der Waals surface area (Å²) in [6.07, 6.45) is 2.84. The van der Waals surface area contributed by atoms with Gasteiger partial charge in [0, 0.05) is 23.9 Å². The number of nitrogens with one attached hydrogen (secondary N) is 1. The average molecular weight is 404 g/mol. The molecule has 0 atom stereocenters. The summed E-state index contributed by atoms with van der Waals surface area (Å²) in [5.74, 6) is 1.11. The molecule has 30 heavy (non-hydrogen) atoms. The molecule has 0 bridgehead atoms. The first-order chi connectivity index (χ1) is 14.6. The topological polar surface area (TPSA) is 90.7 Å². The molecule has 0 saturated carbocycles. The van der Waals surface area contributed by atoms with Crippen molar-refractivity contribution in [1.29, 1.82) is 0 Å². The van der Waals surface area contributed by atoms with Crippen molar-refractivity contribution >= 4 is 23.4 Å². The standard InChI is InChI=1S/C23H20N2O5/c26-23(14-9-18-5-4-6-20(17-18)25(27)28)24-19-10-12-22(13-11-19)30-16-15-29-21-7-2-1-3-8-21/h1-14,17H,15-16H2,(H,24,26)/b14-9+. The van der Waals surface area contributed by atoms with E-state index in [1.807, 2.05) is 30.3 Å². The van der Waals surface area contributed by atoms with Crippen molar-refractivity contribution in [1.82, 2.24) is 0 Å². The van der Waals surface area contributed by atoms with Crippen molar-refractivity contribution in [3.63, 3.8) is 0 Å². The van der Waals surface area contributed by atoms with Crippen LogP contribution in [0, 0.1) is 10.1 Å². The third kappa shape index (κ3) is 6.49. The van der Waals surface area contributed by atoms with E-state index in [1.165, 1.54) is 24.3 Å². The summed E-state index contributed by atoms with van der Waals surface area (Å²) in [5, 5.41) is 13.5. The Morgan fingerprint density at radius 3 is 2.23 bits per heavy atom. The van der Waals surface area contributed by atoms with E-state index in [0.717, 1.165) is 5.75 Å². The van der Waals surface area contributed by atoms with Gasteiger partial charge < -0.3 is 14.8 Å². The van der Waals surface area contributed by atoms with Gasteiger partial charge in [-0.15, -0.1) is 0 Å². The molecule has 3 aromatic rings. The van der Waals surface area contributed by atoms with Crippen LogP contribution in [0.25, 0.3) is 6.08 Å². The van der Waals surface area contributed by atoms with Gasteiger partial charge in [-0.3, -0.25) is 14.9 Å². The number of hydrogen-bond acceptors (Lipinski definition) is 5. The van der Waals surface area contributed by atoms with E-state index >= 15 is 0 Å². The summed E-state index contributed by atoms with van der Waals surface area (Å²) in [5.41, 5.74) is 1.15. The van der Waals surface area contributed by atoms with Gasteiger partial charge in [0.25, 0.3) is 5.69 Å². The second kappa shape index (κ2) is 10.4. The molecule has 0 aromatic heterocycles. The van der Waals surface area contributed by atoms with Crippen LogP contribution in [-0.2, 0) is 4.79 Å². The predicted molar refractivity (Wildman–Crippen MR) is 115 cm³/mol. The molecule has 0 aliphatic carbocycles. The van der Waals surface area contributed by atoms with Crippen molar-refractivity contribution in [3.8, 4) is 11.5 Å². The fraction of sp³-hybridized carbons (Fsp3) is 0.0870. The zero-order chi connectivity index (χ0) is 21.2. The molecule has 0 heterocycles. The molecule has 0 radical (unpaired) electrons. The first-order valence-electron chi connectivity index (χ1n) is 9.24. The number of ether oxygens (including phenoxy) is 2. The van der Waals surface area contributed by atoms with Crippen molar-refractivity contribution < 1.29 is 19.2 Å². The lowest BCUT2D eigenvalue weighted by molar-refractivity contribution is -0.384. The molecule has 3 rings (SSSR count). The van der Waals surface area contributed by atoms with E-state index in [9.17, 15) is 14.9 Å². The zero-order valence-electron chi connectivity index (χ0n) is 16.1. The Morgan fingerprint density at radius 2 is 1.57 bits per heavy atom. The van der Waals surface area contributed by atoms with Gasteiger partial charge in [0.05, 0.1) is 4.92 Å². The number of rotatable bonds is 9. The molecule has 0 spiro atoms. The smallest absolute Gasteiger partial charge is 0.270 e. The molecule has 0 fully saturated rings. The van der Waals surface area contributed by atoms with E-state index in [4.69, 9.17) is 9.47 Å². The molecule has 7 nitrogen and oxygen atoms in total. The molecule has 0 saturated heterocycles. The second-order valence-corrected chi connectivity index (χ2v) is 6.21. The summed E-state index contributed by atoms with van der Waals surface area (Å²) >= 11 is 0. The van der Waals surface area contributed by atoms with Crippen LogP contribution in [0.15, 0.2) is 84.9 Å². The quantitative estimate of drug-likeness (QED) is 0.241. The maximum atomic E-state index is 12.1. The number of nitro groups is 1. The molecule has 0 aliphatic heterocycles. The van der Waals surface area contributed by atoms with E-state index < -0.39 is 4.92 Å². The Hall–Kier alpha value is -4.13. The van der Waals surface area contributed by atoms with Crippen LogP contribution in [0.3, 0.4) is 0 Å². The van der Waals surface area contributed by atoms with Crippen LogP contribution < -0.4 is 14.8 Å². The fourth-order valence-electron chi connectivity index (χ4n) is 2.57. The maximum absolute atomic E-state index is 12.1. The minimum absolute atomic E-state index is 0.0256. The maximum Gasteiger partial charge on any atom is 0.270 e. The summed E-state index contributed by atoms with van der Waals surface area (Å²) in [7, 11) is 0. The number of non-ortho nitro benzene ring substituents is 1. The number of benzene rings is 3. The second-order valence-electron chi connectivity index (χ2n) is 6.21. The van der Waals surface area contributed by atoms with Crippen LogP contribution >= 0.6 is 0 Å². The number of anilines is 1. The van der Waals surface area contributed by atoms with Crippen molar-refractivity contribution in [2.24, 2.45) is 0 Å². The van der Waals surface area contributed by atoms with E-state index in [1.54, 1.807) is 36.4 Å². The monoisotopic (exact) mass is 404 g/mol. The molecule has 1 amide bonds. The summed E-state index contributed by atoms with van der Waals surface area (Å²) in [6, 6.07) is 22.5. The summed E-state index contributed by atoms with van der Waals surface area (Å²) in [4.78, 5) is 22.4. The molecule has 1 N–H and O–H groups in total. The van der Waals surface area contributed by atoms with Crippen LogP contribution in [0.5, 0.6) is 11.5 Å². The highest BCUT2D eigenvalue weighted by Gasteiger charge is 2.04. The molecule has 3 aromatic carbocycles. The molecular weight excluding hydrogens is 384 g/mol. The number of nitro benzene ring substituents is 1. The predicted octanol–water partition coefficient (Wildman–Crippen LogP) is 4.70. The van der Waals surface area contributed by atoms with Crippen molar-refractivity contribution in [3.05, 3.63) is 101 Å². The lowest BCUT2D eigenvalue weighted by Gasteiger charge is -2.09. The molecular formula is C23H20N2O5. The van der Waals surface area contributed by atoms with E-state index in [2.05, 4.69) is 5.32 Å². The van der Waals surface area contributed by atoms with Gasteiger partial charge in [-0.25, -0.2) is 0 Å². The van der Waals surface area contributed by atoms with Crippen molar-refractivity contribution in [2.75, 3.05) is 18.5 Å². The minimum atomic E-state index is -0.477. The zero-order valence-corrected chi connectivity index (χ0v) is 16.1. The van der Waals surface area contributed by atoms with Crippen LogP contribution in [0.1, 0.15) is 5.56 Å². The summed E-state index contributed by atoms with van der Waals surface area (Å²) in [6.45, 7) is 0.817. The van der Waals surface area contributed by atoms with Crippen LogP contribution in [0.4, 0.5) is 11.4 Å². The molecule has 152 valence electrons. The van der Waals surface area contributed by atoms with Gasteiger partial charge in [-0.1, -0.05) is 30.3 Å². The number of para-hydroxylation sites is 1. The largest absolute Gasteiger partial charge is 0.490 e. The highest BCUT2D eigenvalue weighted by molar-refractivity contribution is 6.01. The lowest BCUT2D eigenvalue weighted by atomic mass is 10.2. The highest BCUT2D eigenvalue weighted by atomic mass is 16.6. The Kier molecular flexibility index (Phi) is 7.16. The summed E-state index contributed by atoms with van der Waals surface area (Å²) < 4.78 is 11.2. The van der Waals surface area contributed by atoms with Crippen molar-refractivity contribution in [2.45, 2.75) is 0 Å². The normalized spacial score (nSPS) is 10.5. The first-order valence-corrected chi connectivity index (χ1v) is 9.24. The first kappa shape index (κ1) is 20.6. The molecule has 0 aliphatic rings. The van der Waals surface area contributed by atoms with Crippen LogP contribution in [0.2, 0.25) is 0 Å². The van der Waals surface area contributed by atoms with Gasteiger partial charge in [0.2, 0.25) is 5.91 Å². The van der Waals surface area contributed by atoms with Gasteiger partial charge in [0.15, 0.2) is 0 Å². The third-order valence-electron chi connectivity index (χ3n) is 3.99.